The highest BCUT2D eigenvalue weighted by molar-refractivity contribution is 5.52. The van der Waals surface area contributed by atoms with E-state index < -0.39 is 0 Å². The van der Waals surface area contributed by atoms with E-state index in [4.69, 9.17) is 14.9 Å². The van der Waals surface area contributed by atoms with Gasteiger partial charge in [-0.25, -0.2) is 0 Å². The molecule has 0 amide bonds. The van der Waals surface area contributed by atoms with Gasteiger partial charge in [0, 0.05) is 24.7 Å². The second-order valence-corrected chi connectivity index (χ2v) is 7.19. The second kappa shape index (κ2) is 7.99. The van der Waals surface area contributed by atoms with E-state index in [9.17, 15) is 0 Å². The van der Waals surface area contributed by atoms with Crippen molar-refractivity contribution in [1.29, 1.82) is 0 Å². The zero-order valence-electron chi connectivity index (χ0n) is 16.3. The molecule has 0 atom stereocenters. The van der Waals surface area contributed by atoms with Gasteiger partial charge in [0.15, 0.2) is 5.76 Å². The molecule has 0 unspecified atom stereocenters. The molecule has 1 aromatic carbocycles. The third kappa shape index (κ3) is 3.90. The molecule has 1 saturated heterocycles. The number of fused-ring (bicyclic) bond motifs is 1. The van der Waals surface area contributed by atoms with Gasteiger partial charge < -0.3 is 25.5 Å². The lowest BCUT2D eigenvalue weighted by Gasteiger charge is -2.26. The normalized spacial score (nSPS) is 14.0. The number of nitrogens with zero attached hydrogens (tertiary/aromatic N) is 5. The van der Waals surface area contributed by atoms with Crippen LogP contribution in [-0.4, -0.2) is 50.9 Å². The van der Waals surface area contributed by atoms with E-state index >= 15 is 0 Å². The predicted octanol–water partition coefficient (Wildman–Crippen LogP) is 2.07. The fraction of sp³-hybridized carbons (Fsp3) is 0.300. The number of hydrogen-bond donors (Lipinski definition) is 3. The van der Waals surface area contributed by atoms with Crippen molar-refractivity contribution in [2.75, 3.05) is 42.7 Å². The van der Waals surface area contributed by atoms with Gasteiger partial charge in [0.05, 0.1) is 19.5 Å². The number of anilines is 3. The zero-order chi connectivity index (χ0) is 20.3. The lowest BCUT2D eigenvalue weighted by Crippen LogP contribution is -2.33. The molecule has 4 aromatic rings. The predicted molar refractivity (Wildman–Crippen MR) is 112 cm³/mol. The van der Waals surface area contributed by atoms with E-state index in [0.717, 1.165) is 31.9 Å². The Morgan fingerprint density at radius 2 is 1.93 bits per heavy atom. The van der Waals surface area contributed by atoms with Crippen molar-refractivity contribution < 1.29 is 9.15 Å². The Hall–Kier alpha value is -3.66. The van der Waals surface area contributed by atoms with Gasteiger partial charge in [-0.05, 0) is 36.2 Å². The van der Waals surface area contributed by atoms with E-state index in [2.05, 4.69) is 54.9 Å². The van der Waals surface area contributed by atoms with Gasteiger partial charge >= 0.3 is 0 Å². The van der Waals surface area contributed by atoms with Crippen LogP contribution in [0.25, 0.3) is 17.4 Å². The Bertz CT molecular complexity index is 1120. The standard InChI is InChI=1S/C20H22N8O2/c21-18-25-19(26-20-24-17(27-28(18)20)16-2-1-9-30-16)22-8-7-13-3-5-15(6-4-13)23-10-14-11-29-12-14/h1-6,9,14,23H,7-8,10-12H2,(H3,21,22,24,25,26,27). The third-order valence-corrected chi connectivity index (χ3v) is 4.93. The first-order valence-electron chi connectivity index (χ1n) is 9.83. The van der Waals surface area contributed by atoms with Crippen LogP contribution in [0.2, 0.25) is 0 Å². The molecule has 1 aliphatic heterocycles. The Morgan fingerprint density at radius 3 is 2.67 bits per heavy atom. The number of aromatic nitrogens is 5. The van der Waals surface area contributed by atoms with Crippen LogP contribution in [-0.2, 0) is 11.2 Å². The van der Waals surface area contributed by atoms with Gasteiger partial charge in [0.25, 0.3) is 5.78 Å². The van der Waals surface area contributed by atoms with Crippen LogP contribution in [0.4, 0.5) is 17.6 Å². The Kier molecular flexibility index (Phi) is 4.89. The average Bonchev–Trinajstić information content (AvgIpc) is 3.38. The lowest BCUT2D eigenvalue weighted by atomic mass is 10.1. The number of hydrogen-bond acceptors (Lipinski definition) is 9. The number of furan rings is 1. The summed E-state index contributed by atoms with van der Waals surface area (Å²) < 4.78 is 11.9. The summed E-state index contributed by atoms with van der Waals surface area (Å²) >= 11 is 0. The van der Waals surface area contributed by atoms with Crippen LogP contribution < -0.4 is 16.4 Å². The monoisotopic (exact) mass is 406 g/mol. The molecule has 0 spiro atoms. The number of nitrogens with one attached hydrogen (secondary N) is 2. The largest absolute Gasteiger partial charge is 0.461 e. The summed E-state index contributed by atoms with van der Waals surface area (Å²) in [4.78, 5) is 13.0. The maximum atomic E-state index is 6.01. The van der Waals surface area contributed by atoms with Crippen molar-refractivity contribution in [3.63, 3.8) is 0 Å². The van der Waals surface area contributed by atoms with Gasteiger partial charge in [0.1, 0.15) is 0 Å². The number of benzene rings is 1. The summed E-state index contributed by atoms with van der Waals surface area (Å²) in [6.07, 6.45) is 2.39. The van der Waals surface area contributed by atoms with Gasteiger partial charge in [0.2, 0.25) is 17.7 Å². The molecule has 1 aliphatic rings. The molecule has 10 nitrogen and oxygen atoms in total. The Balaban J connectivity index is 1.18. The van der Waals surface area contributed by atoms with E-state index in [1.807, 2.05) is 0 Å². The number of ether oxygens (including phenoxy) is 1. The van der Waals surface area contributed by atoms with Crippen LogP contribution in [0.1, 0.15) is 5.56 Å². The first-order chi connectivity index (χ1) is 14.7. The average molecular weight is 406 g/mol. The van der Waals surface area contributed by atoms with Crippen LogP contribution in [0.15, 0.2) is 47.1 Å². The molecular formula is C20H22N8O2. The minimum atomic E-state index is 0.208. The van der Waals surface area contributed by atoms with Crippen molar-refractivity contribution in [3.8, 4) is 11.6 Å². The molecule has 4 N–H and O–H groups in total. The number of rotatable bonds is 8. The van der Waals surface area contributed by atoms with Gasteiger partial charge in [-0.2, -0.15) is 19.5 Å². The van der Waals surface area contributed by atoms with Crippen molar-refractivity contribution >= 4 is 23.4 Å². The maximum absolute atomic E-state index is 6.01. The SMILES string of the molecule is Nc1nc(NCCc2ccc(NCC3COC3)cc2)nc2nc(-c3ccco3)nn12. The van der Waals surface area contributed by atoms with Crippen LogP contribution in [0.3, 0.4) is 0 Å². The summed E-state index contributed by atoms with van der Waals surface area (Å²) in [6, 6.07) is 12.0. The molecule has 3 aromatic heterocycles. The van der Waals surface area contributed by atoms with Gasteiger partial charge in [-0.1, -0.05) is 12.1 Å². The minimum Gasteiger partial charge on any atom is -0.461 e. The van der Waals surface area contributed by atoms with Crippen molar-refractivity contribution in [3.05, 3.63) is 48.2 Å². The zero-order valence-corrected chi connectivity index (χ0v) is 16.3. The van der Waals surface area contributed by atoms with E-state index in [0.29, 0.717) is 35.8 Å². The summed E-state index contributed by atoms with van der Waals surface area (Å²) in [7, 11) is 0. The molecule has 0 radical (unpaired) electrons. The molecule has 0 aliphatic carbocycles. The molecule has 1 fully saturated rings. The van der Waals surface area contributed by atoms with E-state index in [1.165, 1.54) is 10.1 Å². The first-order valence-corrected chi connectivity index (χ1v) is 9.83. The Morgan fingerprint density at radius 1 is 1.07 bits per heavy atom. The smallest absolute Gasteiger partial charge is 0.259 e. The van der Waals surface area contributed by atoms with Crippen LogP contribution in [0, 0.1) is 5.92 Å². The van der Waals surface area contributed by atoms with E-state index in [1.54, 1.807) is 18.4 Å². The van der Waals surface area contributed by atoms with Gasteiger partial charge in [-0.3, -0.25) is 0 Å². The van der Waals surface area contributed by atoms with E-state index in [-0.39, 0.29) is 5.95 Å². The first kappa shape index (κ1) is 18.4. The quantitative estimate of drug-likeness (QED) is 0.403. The highest BCUT2D eigenvalue weighted by atomic mass is 16.5. The molecular weight excluding hydrogens is 384 g/mol. The second-order valence-electron chi connectivity index (χ2n) is 7.19. The highest BCUT2D eigenvalue weighted by Gasteiger charge is 2.17. The summed E-state index contributed by atoms with van der Waals surface area (Å²) in [6.45, 7) is 3.33. The molecule has 154 valence electrons. The van der Waals surface area contributed by atoms with Crippen molar-refractivity contribution in [2.45, 2.75) is 6.42 Å². The topological polar surface area (TPSA) is 128 Å². The highest BCUT2D eigenvalue weighted by Crippen LogP contribution is 2.18. The molecule has 0 bridgehead atoms. The van der Waals surface area contributed by atoms with Crippen molar-refractivity contribution in [1.82, 2.24) is 24.6 Å². The number of nitrogen functional groups attached to an aromatic ring is 1. The number of nitrogens with two attached hydrogens (primary N) is 1. The fourth-order valence-corrected chi connectivity index (χ4v) is 3.17. The fourth-order valence-electron chi connectivity index (χ4n) is 3.17. The van der Waals surface area contributed by atoms with Crippen LogP contribution >= 0.6 is 0 Å². The van der Waals surface area contributed by atoms with Crippen molar-refractivity contribution in [2.24, 2.45) is 5.92 Å². The maximum Gasteiger partial charge on any atom is 0.259 e. The Labute approximate surface area is 172 Å². The lowest BCUT2D eigenvalue weighted by molar-refractivity contribution is -0.0248. The summed E-state index contributed by atoms with van der Waals surface area (Å²) in [5, 5.41) is 10.9. The molecule has 10 heteroatoms. The minimum absolute atomic E-state index is 0.208. The summed E-state index contributed by atoms with van der Waals surface area (Å²) in [5.41, 5.74) is 8.35. The van der Waals surface area contributed by atoms with Crippen LogP contribution in [0.5, 0.6) is 0 Å². The van der Waals surface area contributed by atoms with Gasteiger partial charge in [-0.15, -0.1) is 5.10 Å². The third-order valence-electron chi connectivity index (χ3n) is 4.93. The summed E-state index contributed by atoms with van der Waals surface area (Å²) in [5.74, 6) is 2.58. The molecule has 4 heterocycles. The molecule has 0 saturated carbocycles. The molecule has 5 rings (SSSR count). The molecule has 30 heavy (non-hydrogen) atoms.